The fourth-order valence-corrected chi connectivity index (χ4v) is 4.08. The summed E-state index contributed by atoms with van der Waals surface area (Å²) >= 11 is 1.63. The first-order chi connectivity index (χ1) is 10.8. The van der Waals surface area contributed by atoms with Gasteiger partial charge in [-0.25, -0.2) is 0 Å². The number of thiophene rings is 1. The van der Waals surface area contributed by atoms with Gasteiger partial charge in [0.15, 0.2) is 0 Å². The lowest BCUT2D eigenvalue weighted by atomic mass is 9.85. The number of aromatic nitrogens is 2. The molecule has 0 spiro atoms. The van der Waals surface area contributed by atoms with Gasteiger partial charge in [0.2, 0.25) is 5.89 Å². The number of aliphatic hydroxyl groups excluding tert-OH is 1. The summed E-state index contributed by atoms with van der Waals surface area (Å²) in [4.78, 5) is 3.23. The molecule has 1 unspecified atom stereocenters. The normalized spacial score (nSPS) is 21.8. The van der Waals surface area contributed by atoms with Crippen molar-refractivity contribution in [3.8, 4) is 0 Å². The van der Waals surface area contributed by atoms with Crippen molar-refractivity contribution in [1.29, 1.82) is 0 Å². The molecular weight excluding hydrogens is 298 g/mol. The molecular formula is C16H21N3O2S. The number of hydrogen-bond acceptors (Lipinski definition) is 6. The van der Waals surface area contributed by atoms with E-state index in [4.69, 9.17) is 4.42 Å². The van der Waals surface area contributed by atoms with Crippen molar-refractivity contribution in [3.05, 3.63) is 28.3 Å². The molecule has 22 heavy (non-hydrogen) atoms. The SMILES string of the molecule is OC(c1cccs1)C1CCN(c2nnc(C3CCC3)o2)CC1. The summed E-state index contributed by atoms with van der Waals surface area (Å²) in [6.45, 7) is 1.75. The first kappa shape index (κ1) is 14.2. The van der Waals surface area contributed by atoms with E-state index in [0.29, 0.717) is 17.9 Å². The maximum Gasteiger partial charge on any atom is 0.318 e. The average Bonchev–Trinajstić information content (AvgIpc) is 3.17. The van der Waals surface area contributed by atoms with Gasteiger partial charge in [-0.2, -0.15) is 0 Å². The van der Waals surface area contributed by atoms with Crippen LogP contribution in [-0.4, -0.2) is 28.4 Å². The predicted octanol–water partition coefficient (Wildman–Crippen LogP) is 3.35. The maximum atomic E-state index is 10.4. The van der Waals surface area contributed by atoms with Crippen LogP contribution < -0.4 is 4.90 Å². The molecule has 3 heterocycles. The van der Waals surface area contributed by atoms with Gasteiger partial charge in [0.1, 0.15) is 0 Å². The third-order valence-corrected chi connectivity index (χ3v) is 5.92. The van der Waals surface area contributed by atoms with Crippen LogP contribution in [-0.2, 0) is 0 Å². The zero-order valence-corrected chi connectivity index (χ0v) is 13.3. The Morgan fingerprint density at radius 2 is 2.05 bits per heavy atom. The first-order valence-corrected chi connectivity index (χ1v) is 8.99. The Kier molecular flexibility index (Phi) is 3.88. The summed E-state index contributed by atoms with van der Waals surface area (Å²) in [5, 5.41) is 20.9. The quantitative estimate of drug-likeness (QED) is 0.936. The smallest absolute Gasteiger partial charge is 0.318 e. The molecule has 2 aromatic heterocycles. The highest BCUT2D eigenvalue weighted by Gasteiger charge is 2.30. The number of rotatable bonds is 4. The van der Waals surface area contributed by atoms with E-state index in [9.17, 15) is 5.11 Å². The predicted molar refractivity (Wildman–Crippen MR) is 85.1 cm³/mol. The molecule has 6 heteroatoms. The molecule has 2 aliphatic rings. The molecule has 0 radical (unpaired) electrons. The van der Waals surface area contributed by atoms with Gasteiger partial charge in [0.05, 0.1) is 6.10 Å². The van der Waals surface area contributed by atoms with Crippen LogP contribution in [0.3, 0.4) is 0 Å². The van der Waals surface area contributed by atoms with Crippen molar-refractivity contribution < 1.29 is 9.52 Å². The molecule has 1 atom stereocenters. The Morgan fingerprint density at radius 1 is 1.23 bits per heavy atom. The van der Waals surface area contributed by atoms with Crippen molar-refractivity contribution in [2.75, 3.05) is 18.0 Å². The Balaban J connectivity index is 1.36. The molecule has 4 rings (SSSR count). The van der Waals surface area contributed by atoms with Gasteiger partial charge in [-0.1, -0.05) is 17.6 Å². The Labute approximate surface area is 134 Å². The standard InChI is InChI=1S/C16H21N3O2S/c20-14(13-5-2-10-22-13)11-6-8-19(9-7-11)16-18-17-15(21-16)12-3-1-4-12/h2,5,10-12,14,20H,1,3-4,6-9H2. The van der Waals surface area contributed by atoms with Crippen LogP contribution >= 0.6 is 11.3 Å². The highest BCUT2D eigenvalue weighted by atomic mass is 32.1. The lowest BCUT2D eigenvalue weighted by molar-refractivity contribution is 0.0954. The fraction of sp³-hybridized carbons (Fsp3) is 0.625. The summed E-state index contributed by atoms with van der Waals surface area (Å²) in [5.74, 6) is 1.62. The number of anilines is 1. The minimum absolute atomic E-state index is 0.323. The fourth-order valence-electron chi connectivity index (χ4n) is 3.27. The minimum Gasteiger partial charge on any atom is -0.408 e. The van der Waals surface area contributed by atoms with Crippen molar-refractivity contribution in [1.82, 2.24) is 10.2 Å². The largest absolute Gasteiger partial charge is 0.408 e. The highest BCUT2D eigenvalue weighted by molar-refractivity contribution is 7.10. The molecule has 2 aromatic rings. The second-order valence-electron chi connectivity index (χ2n) is 6.34. The zero-order chi connectivity index (χ0) is 14.9. The monoisotopic (exact) mass is 319 g/mol. The van der Waals surface area contributed by atoms with Crippen molar-refractivity contribution in [2.24, 2.45) is 5.92 Å². The van der Waals surface area contributed by atoms with Gasteiger partial charge in [0, 0.05) is 23.9 Å². The lowest BCUT2D eigenvalue weighted by Gasteiger charge is -2.32. The van der Waals surface area contributed by atoms with E-state index in [2.05, 4.69) is 15.1 Å². The average molecular weight is 319 g/mol. The molecule has 2 fully saturated rings. The van der Waals surface area contributed by atoms with Crippen LogP contribution in [0.4, 0.5) is 6.01 Å². The van der Waals surface area contributed by atoms with Crippen molar-refractivity contribution >= 4 is 17.4 Å². The summed E-state index contributed by atoms with van der Waals surface area (Å²) < 4.78 is 5.84. The third kappa shape index (κ3) is 2.65. The summed E-state index contributed by atoms with van der Waals surface area (Å²) in [5.41, 5.74) is 0. The maximum absolute atomic E-state index is 10.4. The van der Waals surface area contributed by atoms with Gasteiger partial charge in [-0.3, -0.25) is 0 Å². The lowest BCUT2D eigenvalue weighted by Crippen LogP contribution is -2.35. The Bertz CT molecular complexity index is 601. The molecule has 5 nitrogen and oxygen atoms in total. The zero-order valence-electron chi connectivity index (χ0n) is 12.5. The van der Waals surface area contributed by atoms with E-state index in [1.807, 2.05) is 17.5 Å². The number of nitrogens with zero attached hydrogens (tertiary/aromatic N) is 3. The number of piperidine rings is 1. The second-order valence-corrected chi connectivity index (χ2v) is 7.31. The molecule has 1 N–H and O–H groups in total. The van der Waals surface area contributed by atoms with Crippen LogP contribution in [0.15, 0.2) is 21.9 Å². The molecule has 0 amide bonds. The summed E-state index contributed by atoms with van der Waals surface area (Å²) in [7, 11) is 0. The molecule has 0 bridgehead atoms. The van der Waals surface area contributed by atoms with Gasteiger partial charge < -0.3 is 14.4 Å². The highest BCUT2D eigenvalue weighted by Crippen LogP contribution is 2.37. The number of hydrogen-bond donors (Lipinski definition) is 1. The van der Waals surface area contributed by atoms with E-state index in [-0.39, 0.29) is 6.10 Å². The van der Waals surface area contributed by atoms with Crippen LogP contribution in [0.2, 0.25) is 0 Å². The van der Waals surface area contributed by atoms with Gasteiger partial charge in [0.25, 0.3) is 0 Å². The van der Waals surface area contributed by atoms with Crippen LogP contribution in [0.5, 0.6) is 0 Å². The van der Waals surface area contributed by atoms with Crippen molar-refractivity contribution in [2.45, 2.75) is 44.1 Å². The van der Waals surface area contributed by atoms with E-state index in [1.54, 1.807) is 11.3 Å². The molecule has 1 aliphatic carbocycles. The van der Waals surface area contributed by atoms with E-state index in [0.717, 1.165) is 36.7 Å². The minimum atomic E-state index is -0.338. The van der Waals surface area contributed by atoms with E-state index in [1.165, 1.54) is 19.3 Å². The van der Waals surface area contributed by atoms with Crippen LogP contribution in [0, 0.1) is 5.92 Å². The summed E-state index contributed by atoms with van der Waals surface area (Å²) in [6.07, 6.45) is 5.21. The molecule has 1 saturated heterocycles. The molecule has 118 valence electrons. The molecule has 0 aromatic carbocycles. The first-order valence-electron chi connectivity index (χ1n) is 8.11. The molecule has 1 aliphatic heterocycles. The Hall–Kier alpha value is -1.40. The van der Waals surface area contributed by atoms with Gasteiger partial charge in [-0.15, -0.1) is 16.4 Å². The summed E-state index contributed by atoms with van der Waals surface area (Å²) in [6, 6.07) is 4.68. The Morgan fingerprint density at radius 3 is 2.68 bits per heavy atom. The van der Waals surface area contributed by atoms with Crippen LogP contribution in [0.25, 0.3) is 0 Å². The van der Waals surface area contributed by atoms with Crippen LogP contribution in [0.1, 0.15) is 54.9 Å². The van der Waals surface area contributed by atoms with E-state index < -0.39 is 0 Å². The van der Waals surface area contributed by atoms with E-state index >= 15 is 0 Å². The topological polar surface area (TPSA) is 62.4 Å². The second kappa shape index (κ2) is 6.01. The van der Waals surface area contributed by atoms with Gasteiger partial charge in [-0.05, 0) is 43.0 Å². The molecule has 1 saturated carbocycles. The number of aliphatic hydroxyl groups is 1. The third-order valence-electron chi connectivity index (χ3n) is 4.98. The van der Waals surface area contributed by atoms with Crippen molar-refractivity contribution in [3.63, 3.8) is 0 Å². The van der Waals surface area contributed by atoms with Gasteiger partial charge >= 0.3 is 6.01 Å².